The summed E-state index contributed by atoms with van der Waals surface area (Å²) >= 11 is 12.2. The van der Waals surface area contributed by atoms with Gasteiger partial charge in [0.2, 0.25) is 0 Å². The lowest BCUT2D eigenvalue weighted by atomic mass is 9.77. The summed E-state index contributed by atoms with van der Waals surface area (Å²) in [5, 5.41) is 11.6. The monoisotopic (exact) mass is 297 g/mol. The van der Waals surface area contributed by atoms with E-state index in [-0.39, 0.29) is 6.10 Å². The van der Waals surface area contributed by atoms with Crippen LogP contribution in [0.2, 0.25) is 10.0 Å². The van der Waals surface area contributed by atoms with Crippen LogP contribution in [0.3, 0.4) is 0 Å². The van der Waals surface area contributed by atoms with Crippen LogP contribution in [0.25, 0.3) is 0 Å². The number of benzene rings is 1. The van der Waals surface area contributed by atoms with Crippen molar-refractivity contribution in [3.05, 3.63) is 33.8 Å². The van der Waals surface area contributed by atoms with Gasteiger partial charge < -0.3 is 5.11 Å². The van der Waals surface area contributed by atoms with Gasteiger partial charge in [0.15, 0.2) is 0 Å². The van der Waals surface area contributed by atoms with Crippen molar-refractivity contribution >= 4 is 23.2 Å². The van der Waals surface area contributed by atoms with Crippen molar-refractivity contribution in [3.8, 4) is 0 Å². The van der Waals surface area contributed by atoms with E-state index in [9.17, 15) is 5.11 Å². The van der Waals surface area contributed by atoms with Crippen LogP contribution in [-0.4, -0.2) is 34.7 Å². The zero-order valence-electron chi connectivity index (χ0n) is 10.6. The van der Waals surface area contributed by atoms with Crippen molar-refractivity contribution in [1.29, 1.82) is 0 Å². The van der Waals surface area contributed by atoms with Crippen LogP contribution < -0.4 is 0 Å². The van der Waals surface area contributed by atoms with Gasteiger partial charge in [-0.15, -0.1) is 0 Å². The van der Waals surface area contributed by atoms with Crippen LogP contribution in [0, 0.1) is 5.92 Å². The second kappa shape index (κ2) is 4.36. The van der Waals surface area contributed by atoms with E-state index in [4.69, 9.17) is 23.2 Å². The molecule has 19 heavy (non-hydrogen) atoms. The third-order valence-electron chi connectivity index (χ3n) is 5.34. The highest BCUT2D eigenvalue weighted by molar-refractivity contribution is 6.42. The second-order valence-electron chi connectivity index (χ2n) is 6.16. The third kappa shape index (κ3) is 1.77. The van der Waals surface area contributed by atoms with Gasteiger partial charge in [-0.3, -0.25) is 4.90 Å². The zero-order chi connectivity index (χ0) is 13.1. The van der Waals surface area contributed by atoms with Crippen LogP contribution in [-0.2, 0) is 0 Å². The minimum Gasteiger partial charge on any atom is -0.391 e. The summed E-state index contributed by atoms with van der Waals surface area (Å²) in [5.74, 6) is 0.803. The Bertz CT molecular complexity index is 521. The normalized spacial score (nSPS) is 43.7. The summed E-state index contributed by atoms with van der Waals surface area (Å²) in [4.78, 5) is 2.53. The number of hydrogen-bond acceptors (Lipinski definition) is 2. The van der Waals surface area contributed by atoms with E-state index in [0.29, 0.717) is 34.0 Å². The van der Waals surface area contributed by atoms with E-state index >= 15 is 0 Å². The predicted octanol–water partition coefficient (Wildman–Crippen LogP) is 3.30. The summed E-state index contributed by atoms with van der Waals surface area (Å²) in [6.07, 6.45) is 3.49. The first-order valence-electron chi connectivity index (χ1n) is 7.04. The van der Waals surface area contributed by atoms with Crippen LogP contribution in [0.15, 0.2) is 18.2 Å². The molecule has 1 N–H and O–H groups in total. The molecule has 3 aliphatic heterocycles. The molecule has 3 fully saturated rings. The number of halogens is 2. The minimum atomic E-state index is -0.185. The highest BCUT2D eigenvalue weighted by Crippen LogP contribution is 2.52. The van der Waals surface area contributed by atoms with E-state index in [2.05, 4.69) is 11.0 Å². The molecule has 4 heteroatoms. The average Bonchev–Trinajstić information content (AvgIpc) is 2.78. The Morgan fingerprint density at radius 3 is 2.79 bits per heavy atom. The molecule has 0 amide bonds. The lowest BCUT2D eigenvalue weighted by Crippen LogP contribution is -2.41. The Morgan fingerprint density at radius 1 is 1.16 bits per heavy atom. The maximum absolute atomic E-state index is 10.4. The van der Waals surface area contributed by atoms with Crippen LogP contribution >= 0.6 is 23.2 Å². The predicted molar refractivity (Wildman–Crippen MR) is 76.8 cm³/mol. The van der Waals surface area contributed by atoms with Gasteiger partial charge in [0.05, 0.1) is 16.1 Å². The largest absolute Gasteiger partial charge is 0.391 e. The third-order valence-corrected chi connectivity index (χ3v) is 6.08. The first kappa shape index (κ1) is 12.5. The average molecular weight is 298 g/mol. The first-order valence-corrected chi connectivity index (χ1v) is 7.79. The maximum atomic E-state index is 10.4. The molecular weight excluding hydrogens is 281 g/mol. The molecule has 1 aromatic carbocycles. The van der Waals surface area contributed by atoms with Gasteiger partial charge in [-0.1, -0.05) is 29.3 Å². The summed E-state index contributed by atoms with van der Waals surface area (Å²) < 4.78 is 0. The van der Waals surface area contributed by atoms with Crippen molar-refractivity contribution in [2.75, 3.05) is 6.54 Å². The molecule has 3 saturated heterocycles. The molecule has 0 radical (unpaired) electrons. The standard InChI is InChI=1S/C15H17Cl2NO/c16-11-3-1-8(5-12(11)17)10-6-9-2-4-13-15(10)14(19)7-18(9)13/h1,3,5,9-10,13-15,19H,2,4,6-7H2/t9-,10+,13+,14-,15-/m0/s1. The molecule has 4 bridgehead atoms. The Labute approximate surface area is 123 Å². The number of piperidine rings is 1. The van der Waals surface area contributed by atoms with Gasteiger partial charge in [0, 0.05) is 24.5 Å². The first-order chi connectivity index (χ1) is 9.15. The number of aliphatic hydroxyl groups is 1. The quantitative estimate of drug-likeness (QED) is 0.860. The number of hydrogen-bond donors (Lipinski definition) is 1. The highest BCUT2D eigenvalue weighted by Gasteiger charge is 2.55. The zero-order valence-corrected chi connectivity index (χ0v) is 12.1. The Hall–Kier alpha value is -0.280. The smallest absolute Gasteiger partial charge is 0.0716 e. The summed E-state index contributed by atoms with van der Waals surface area (Å²) in [6.45, 7) is 0.859. The topological polar surface area (TPSA) is 23.5 Å². The summed E-state index contributed by atoms with van der Waals surface area (Å²) in [7, 11) is 0. The van der Waals surface area contributed by atoms with E-state index in [1.165, 1.54) is 18.4 Å². The Balaban J connectivity index is 1.73. The van der Waals surface area contributed by atoms with E-state index in [0.717, 1.165) is 13.0 Å². The maximum Gasteiger partial charge on any atom is 0.0716 e. The van der Waals surface area contributed by atoms with Crippen LogP contribution in [0.5, 0.6) is 0 Å². The van der Waals surface area contributed by atoms with E-state index in [1.54, 1.807) is 0 Å². The van der Waals surface area contributed by atoms with Crippen molar-refractivity contribution < 1.29 is 5.11 Å². The van der Waals surface area contributed by atoms with Crippen LogP contribution in [0.4, 0.5) is 0 Å². The van der Waals surface area contributed by atoms with Crippen molar-refractivity contribution in [3.63, 3.8) is 0 Å². The molecule has 1 aromatic rings. The van der Waals surface area contributed by atoms with Gasteiger partial charge in [0.25, 0.3) is 0 Å². The lowest BCUT2D eigenvalue weighted by molar-refractivity contribution is 0.113. The van der Waals surface area contributed by atoms with E-state index in [1.807, 2.05) is 12.1 Å². The van der Waals surface area contributed by atoms with Gasteiger partial charge in [0.1, 0.15) is 0 Å². The minimum absolute atomic E-state index is 0.185. The SMILES string of the molecule is O[C@H]1CN2[C@H]3CC[C@@H]2[C@@H]1[C@@H](c1ccc(Cl)c(Cl)c1)C3. The molecule has 3 heterocycles. The lowest BCUT2D eigenvalue weighted by Gasteiger charge is -2.37. The Kier molecular flexibility index (Phi) is 2.86. The molecule has 0 saturated carbocycles. The highest BCUT2D eigenvalue weighted by atomic mass is 35.5. The molecule has 1 unspecified atom stereocenters. The van der Waals surface area contributed by atoms with Gasteiger partial charge in [-0.05, 0) is 42.9 Å². The van der Waals surface area contributed by atoms with Gasteiger partial charge in [-0.2, -0.15) is 0 Å². The van der Waals surface area contributed by atoms with Crippen molar-refractivity contribution in [2.24, 2.45) is 5.92 Å². The van der Waals surface area contributed by atoms with E-state index < -0.39 is 0 Å². The fourth-order valence-corrected chi connectivity index (χ4v) is 4.91. The van der Waals surface area contributed by atoms with Crippen LogP contribution in [0.1, 0.15) is 30.7 Å². The molecule has 102 valence electrons. The fraction of sp³-hybridized carbons (Fsp3) is 0.600. The van der Waals surface area contributed by atoms with Crippen molar-refractivity contribution in [1.82, 2.24) is 4.90 Å². The molecule has 6 atom stereocenters. The fourth-order valence-electron chi connectivity index (χ4n) is 4.60. The van der Waals surface area contributed by atoms with Gasteiger partial charge in [-0.25, -0.2) is 0 Å². The van der Waals surface area contributed by atoms with Crippen molar-refractivity contribution in [2.45, 2.75) is 43.4 Å². The molecule has 0 spiro atoms. The Morgan fingerprint density at radius 2 is 2.00 bits per heavy atom. The molecule has 3 aliphatic rings. The number of rotatable bonds is 1. The molecular formula is C15H17Cl2NO. The molecule has 0 aromatic heterocycles. The summed E-state index contributed by atoms with van der Waals surface area (Å²) in [5.41, 5.74) is 1.25. The van der Waals surface area contributed by atoms with Gasteiger partial charge >= 0.3 is 0 Å². The molecule has 4 rings (SSSR count). The molecule has 0 aliphatic carbocycles. The second-order valence-corrected chi connectivity index (χ2v) is 6.97. The molecule has 2 nitrogen and oxygen atoms in total. The number of aliphatic hydroxyl groups excluding tert-OH is 1. The summed E-state index contributed by atoms with van der Waals surface area (Å²) in [6, 6.07) is 7.19. The number of nitrogens with zero attached hydrogens (tertiary/aromatic N) is 1.